The topological polar surface area (TPSA) is 63.9 Å². The Balaban J connectivity index is 0.000000811. The third-order valence-corrected chi connectivity index (χ3v) is 2.20. The van der Waals surface area contributed by atoms with E-state index in [-0.39, 0.29) is 7.43 Å². The zero-order chi connectivity index (χ0) is 12.0. The van der Waals surface area contributed by atoms with Gasteiger partial charge in [-0.2, -0.15) is 0 Å². The average Bonchev–Trinajstić information content (AvgIpc) is 2.75. The number of methoxy groups -OCH3 is 1. The van der Waals surface area contributed by atoms with E-state index in [2.05, 4.69) is 9.97 Å². The third-order valence-electron chi connectivity index (χ3n) is 2.20. The van der Waals surface area contributed by atoms with Crippen LogP contribution in [0.1, 0.15) is 26.8 Å². The molecule has 0 aliphatic heterocycles. The Bertz CT molecular complexity index is 437. The van der Waals surface area contributed by atoms with Crippen LogP contribution in [0, 0.1) is 0 Å². The first-order chi connectivity index (χ1) is 7.85. The number of hydrogen-bond acceptors (Lipinski definition) is 3. The maximum Gasteiger partial charge on any atom is 0.213 e. The van der Waals surface area contributed by atoms with Gasteiger partial charge in [-0.25, -0.2) is 4.98 Å². The fraction of sp³-hybridized carbons (Fsp3) is 0.462. The minimum Gasteiger partial charge on any atom is -0.481 e. The molecule has 0 fully saturated rings. The summed E-state index contributed by atoms with van der Waals surface area (Å²) in [5.41, 5.74) is 8.62. The van der Waals surface area contributed by atoms with Gasteiger partial charge in [-0.15, -0.1) is 0 Å². The number of aromatic amines is 1. The highest BCUT2D eigenvalue weighted by Gasteiger charge is 2.05. The Morgan fingerprint density at radius 3 is 2.65 bits per heavy atom. The van der Waals surface area contributed by atoms with Gasteiger partial charge in [0.2, 0.25) is 5.88 Å². The van der Waals surface area contributed by atoms with Crippen LogP contribution in [0.5, 0.6) is 5.88 Å². The molecule has 2 heterocycles. The molecule has 2 rings (SSSR count). The fourth-order valence-electron chi connectivity index (χ4n) is 1.50. The van der Waals surface area contributed by atoms with Gasteiger partial charge in [0.1, 0.15) is 0 Å². The molecule has 0 radical (unpaired) electrons. The van der Waals surface area contributed by atoms with E-state index in [1.165, 1.54) is 0 Å². The van der Waals surface area contributed by atoms with Gasteiger partial charge in [-0.05, 0) is 24.6 Å². The van der Waals surface area contributed by atoms with Gasteiger partial charge in [-0.1, -0.05) is 21.3 Å². The molecule has 0 bridgehead atoms. The lowest BCUT2D eigenvalue weighted by Crippen LogP contribution is -2.02. The van der Waals surface area contributed by atoms with Gasteiger partial charge in [-0.3, -0.25) is 0 Å². The van der Waals surface area contributed by atoms with Crippen LogP contribution in [-0.2, 0) is 6.42 Å². The number of pyridine rings is 1. The summed E-state index contributed by atoms with van der Waals surface area (Å²) in [5, 5.41) is 0. The smallest absolute Gasteiger partial charge is 0.213 e. The lowest BCUT2D eigenvalue weighted by Gasteiger charge is -1.99. The molecule has 4 heteroatoms. The van der Waals surface area contributed by atoms with Gasteiger partial charge in [0, 0.05) is 12.3 Å². The molecule has 0 aliphatic carbocycles. The lowest BCUT2D eigenvalue weighted by molar-refractivity contribution is 0.399. The maximum absolute atomic E-state index is 5.51. The summed E-state index contributed by atoms with van der Waals surface area (Å²) in [6.45, 7) is 4.63. The lowest BCUT2D eigenvalue weighted by atomic mass is 10.2. The van der Waals surface area contributed by atoms with Gasteiger partial charge < -0.3 is 15.5 Å². The molecule has 96 valence electrons. The predicted octanol–water partition coefficient (Wildman–Crippen LogP) is 2.74. The summed E-state index contributed by atoms with van der Waals surface area (Å²) in [6, 6.07) is 3.80. The molecule has 3 N–H and O–H groups in total. The zero-order valence-electron chi connectivity index (χ0n) is 10.1. The largest absolute Gasteiger partial charge is 0.481 e. The van der Waals surface area contributed by atoms with E-state index in [0.717, 1.165) is 23.0 Å². The minimum absolute atomic E-state index is 0. The van der Waals surface area contributed by atoms with Gasteiger partial charge >= 0.3 is 0 Å². The highest BCUT2D eigenvalue weighted by Crippen LogP contribution is 2.19. The van der Waals surface area contributed by atoms with Crippen molar-refractivity contribution in [2.24, 2.45) is 5.73 Å². The van der Waals surface area contributed by atoms with Crippen LogP contribution < -0.4 is 10.5 Å². The number of hydrogen-bond donors (Lipinski definition) is 2. The Hall–Kier alpha value is -1.55. The Morgan fingerprint density at radius 1 is 1.35 bits per heavy atom. The SMILES string of the molecule is C.CC.COc1ccc2[nH]cc(CCN)c2n1. The number of ether oxygens (including phenoxy) is 1. The summed E-state index contributed by atoms with van der Waals surface area (Å²) < 4.78 is 5.07. The van der Waals surface area contributed by atoms with Crippen LogP contribution in [0.3, 0.4) is 0 Å². The van der Waals surface area contributed by atoms with Crippen molar-refractivity contribution in [1.82, 2.24) is 9.97 Å². The molecule has 17 heavy (non-hydrogen) atoms. The third kappa shape index (κ3) is 3.46. The normalized spacial score (nSPS) is 9.18. The van der Waals surface area contributed by atoms with Crippen molar-refractivity contribution in [3.8, 4) is 5.88 Å². The number of nitrogens with one attached hydrogen (secondary N) is 1. The molecule has 0 spiro atoms. The molecule has 4 nitrogen and oxygen atoms in total. The van der Waals surface area contributed by atoms with E-state index in [1.807, 2.05) is 32.2 Å². The number of fused-ring (bicyclic) bond motifs is 1. The molecule has 0 saturated heterocycles. The van der Waals surface area contributed by atoms with Crippen LogP contribution >= 0.6 is 0 Å². The first-order valence-electron chi connectivity index (χ1n) is 5.56. The van der Waals surface area contributed by atoms with Crippen molar-refractivity contribution in [2.45, 2.75) is 27.7 Å². The molecule has 2 aromatic rings. The Morgan fingerprint density at radius 2 is 2.06 bits per heavy atom. The summed E-state index contributed by atoms with van der Waals surface area (Å²) in [7, 11) is 1.61. The van der Waals surface area contributed by atoms with Crippen LogP contribution in [0.4, 0.5) is 0 Å². The van der Waals surface area contributed by atoms with Crippen molar-refractivity contribution >= 4 is 11.0 Å². The Labute approximate surface area is 103 Å². The van der Waals surface area contributed by atoms with E-state index in [4.69, 9.17) is 10.5 Å². The van der Waals surface area contributed by atoms with Crippen molar-refractivity contribution in [1.29, 1.82) is 0 Å². The number of aromatic nitrogens is 2. The zero-order valence-corrected chi connectivity index (χ0v) is 10.1. The van der Waals surface area contributed by atoms with Crippen molar-refractivity contribution in [3.05, 3.63) is 23.9 Å². The highest BCUT2D eigenvalue weighted by molar-refractivity contribution is 5.79. The van der Waals surface area contributed by atoms with Crippen LogP contribution in [-0.4, -0.2) is 23.6 Å². The quantitative estimate of drug-likeness (QED) is 0.862. The average molecular weight is 237 g/mol. The minimum atomic E-state index is 0. The van der Waals surface area contributed by atoms with Crippen LogP contribution in [0.25, 0.3) is 11.0 Å². The number of H-pyrrole nitrogens is 1. The van der Waals surface area contributed by atoms with E-state index in [9.17, 15) is 0 Å². The summed E-state index contributed by atoms with van der Waals surface area (Å²) in [6.07, 6.45) is 2.78. The molecule has 0 unspecified atom stereocenters. The first kappa shape index (κ1) is 15.4. The molecule has 0 atom stereocenters. The van der Waals surface area contributed by atoms with E-state index >= 15 is 0 Å². The molecular weight excluding hydrogens is 214 g/mol. The van der Waals surface area contributed by atoms with Crippen molar-refractivity contribution in [2.75, 3.05) is 13.7 Å². The standard InChI is InChI=1S/C10H13N3O.C2H6.CH4/c1-14-9-3-2-8-10(13-9)7(4-5-11)6-12-8;1-2;/h2-3,6,12H,4-5,11H2,1H3;1-2H3;1H4. The molecule has 2 aromatic heterocycles. The van der Waals surface area contributed by atoms with Crippen LogP contribution in [0.2, 0.25) is 0 Å². The summed E-state index contributed by atoms with van der Waals surface area (Å²) in [5.74, 6) is 0.635. The predicted molar refractivity (Wildman–Crippen MR) is 73.5 cm³/mol. The maximum atomic E-state index is 5.51. The van der Waals surface area contributed by atoms with Crippen molar-refractivity contribution in [3.63, 3.8) is 0 Å². The number of nitrogens with two attached hydrogens (primary N) is 1. The molecule has 0 saturated carbocycles. The van der Waals surface area contributed by atoms with E-state index in [1.54, 1.807) is 7.11 Å². The highest BCUT2D eigenvalue weighted by atomic mass is 16.5. The van der Waals surface area contributed by atoms with E-state index in [0.29, 0.717) is 12.4 Å². The van der Waals surface area contributed by atoms with Gasteiger partial charge in [0.05, 0.1) is 18.1 Å². The molecular formula is C13H23N3O. The molecule has 0 aliphatic rings. The summed E-state index contributed by atoms with van der Waals surface area (Å²) >= 11 is 0. The Kier molecular flexibility index (Phi) is 6.98. The monoisotopic (exact) mass is 237 g/mol. The molecule has 0 aromatic carbocycles. The van der Waals surface area contributed by atoms with Gasteiger partial charge in [0.25, 0.3) is 0 Å². The second kappa shape index (κ2) is 7.68. The number of nitrogens with zero attached hydrogens (tertiary/aromatic N) is 1. The first-order valence-corrected chi connectivity index (χ1v) is 5.56. The van der Waals surface area contributed by atoms with E-state index < -0.39 is 0 Å². The second-order valence-corrected chi connectivity index (χ2v) is 3.10. The summed E-state index contributed by atoms with van der Waals surface area (Å²) in [4.78, 5) is 7.51. The fourth-order valence-corrected chi connectivity index (χ4v) is 1.50. The second-order valence-electron chi connectivity index (χ2n) is 3.10. The van der Waals surface area contributed by atoms with Crippen molar-refractivity contribution < 1.29 is 4.74 Å². The number of rotatable bonds is 3. The van der Waals surface area contributed by atoms with Gasteiger partial charge in [0.15, 0.2) is 0 Å². The van der Waals surface area contributed by atoms with Crippen LogP contribution in [0.15, 0.2) is 18.3 Å². The molecule has 0 amide bonds.